The van der Waals surface area contributed by atoms with Crippen LogP contribution in [0.5, 0.6) is 0 Å². The summed E-state index contributed by atoms with van der Waals surface area (Å²) in [6.07, 6.45) is -0.0615. The quantitative estimate of drug-likeness (QED) is 0.885. The zero-order chi connectivity index (χ0) is 13.0. The summed E-state index contributed by atoms with van der Waals surface area (Å²) in [5.74, 6) is -0.862. The maximum Gasteiger partial charge on any atom is 0.306 e. The summed E-state index contributed by atoms with van der Waals surface area (Å²) in [7, 11) is 0. The molecule has 0 radical (unpaired) electrons. The van der Waals surface area contributed by atoms with Crippen molar-refractivity contribution < 1.29 is 19.4 Å². The van der Waals surface area contributed by atoms with Gasteiger partial charge in [-0.1, -0.05) is 0 Å². The molecule has 0 saturated carbocycles. The Kier molecular flexibility index (Phi) is 4.33. The summed E-state index contributed by atoms with van der Waals surface area (Å²) in [5.41, 5.74) is 1.01. The predicted octanol–water partition coefficient (Wildman–Crippen LogP) is 0.993. The molecule has 0 unspecified atom stereocenters. The topological polar surface area (TPSA) is 66.8 Å². The van der Waals surface area contributed by atoms with E-state index in [1.807, 2.05) is 16.8 Å². The zero-order valence-electron chi connectivity index (χ0n) is 9.87. The molecule has 1 aromatic heterocycles. The number of morpholine rings is 1. The fourth-order valence-corrected chi connectivity index (χ4v) is 2.61. The Labute approximate surface area is 109 Å². The van der Waals surface area contributed by atoms with Crippen LogP contribution >= 0.6 is 11.3 Å². The molecule has 1 saturated heterocycles. The third-order valence-corrected chi connectivity index (χ3v) is 3.56. The number of hydrogen-bond donors (Lipinski definition) is 1. The molecule has 0 spiro atoms. The van der Waals surface area contributed by atoms with Gasteiger partial charge in [0.1, 0.15) is 0 Å². The normalized spacial score (nSPS) is 19.8. The molecule has 1 amide bonds. The first-order valence-electron chi connectivity index (χ1n) is 5.77. The molecule has 18 heavy (non-hydrogen) atoms. The largest absolute Gasteiger partial charge is 0.481 e. The summed E-state index contributed by atoms with van der Waals surface area (Å²) < 4.78 is 5.33. The molecule has 2 rings (SSSR count). The number of rotatable bonds is 4. The Hall–Kier alpha value is -1.40. The van der Waals surface area contributed by atoms with E-state index >= 15 is 0 Å². The molecule has 0 aliphatic carbocycles. The monoisotopic (exact) mass is 269 g/mol. The number of amides is 1. The van der Waals surface area contributed by atoms with Crippen molar-refractivity contribution in [2.45, 2.75) is 18.9 Å². The van der Waals surface area contributed by atoms with Gasteiger partial charge in [0.2, 0.25) is 5.91 Å². The third-order valence-electron chi connectivity index (χ3n) is 2.83. The molecule has 1 aliphatic heterocycles. The molecule has 1 aliphatic rings. The van der Waals surface area contributed by atoms with Gasteiger partial charge in [-0.3, -0.25) is 9.59 Å². The second kappa shape index (κ2) is 5.97. The number of hydrogen-bond acceptors (Lipinski definition) is 4. The molecule has 6 heteroatoms. The van der Waals surface area contributed by atoms with Gasteiger partial charge in [-0.2, -0.15) is 11.3 Å². The molecule has 0 bridgehead atoms. The van der Waals surface area contributed by atoms with Gasteiger partial charge in [-0.05, 0) is 22.4 Å². The van der Waals surface area contributed by atoms with Crippen LogP contribution in [0.3, 0.4) is 0 Å². The first kappa shape index (κ1) is 13.0. The lowest BCUT2D eigenvalue weighted by Gasteiger charge is -2.32. The Bertz CT molecular complexity index is 418. The summed E-state index contributed by atoms with van der Waals surface area (Å²) in [6.45, 7) is 1.32. The minimum absolute atomic E-state index is 0.0343. The highest BCUT2D eigenvalue weighted by atomic mass is 32.1. The summed E-state index contributed by atoms with van der Waals surface area (Å²) in [5, 5.41) is 12.6. The van der Waals surface area contributed by atoms with Crippen molar-refractivity contribution in [1.29, 1.82) is 0 Å². The summed E-state index contributed by atoms with van der Waals surface area (Å²) in [6, 6.07) is 1.93. The van der Waals surface area contributed by atoms with Gasteiger partial charge in [0.05, 0.1) is 25.6 Å². The lowest BCUT2D eigenvalue weighted by molar-refractivity contribution is -0.147. The van der Waals surface area contributed by atoms with Crippen LogP contribution in [0.1, 0.15) is 12.0 Å². The van der Waals surface area contributed by atoms with Crippen LogP contribution in [0.25, 0.3) is 0 Å². The van der Waals surface area contributed by atoms with Gasteiger partial charge in [-0.15, -0.1) is 0 Å². The van der Waals surface area contributed by atoms with E-state index in [9.17, 15) is 9.59 Å². The number of carboxylic acid groups (broad SMARTS) is 1. The van der Waals surface area contributed by atoms with Crippen LogP contribution in [-0.2, 0) is 20.7 Å². The molecule has 1 atom stereocenters. The first-order valence-corrected chi connectivity index (χ1v) is 6.71. The fraction of sp³-hybridized carbons (Fsp3) is 0.500. The Balaban J connectivity index is 1.88. The molecular formula is C12H15NO4S. The number of carbonyl (C=O) groups excluding carboxylic acids is 1. The second-order valence-electron chi connectivity index (χ2n) is 4.24. The zero-order valence-corrected chi connectivity index (χ0v) is 10.7. The van der Waals surface area contributed by atoms with E-state index in [2.05, 4.69) is 0 Å². The summed E-state index contributed by atoms with van der Waals surface area (Å²) in [4.78, 5) is 24.3. The molecule has 5 nitrogen and oxygen atoms in total. The fourth-order valence-electron chi connectivity index (χ4n) is 1.94. The van der Waals surface area contributed by atoms with Gasteiger partial charge >= 0.3 is 5.97 Å². The maximum absolute atomic E-state index is 12.0. The van der Waals surface area contributed by atoms with Gasteiger partial charge in [0.15, 0.2) is 0 Å². The molecule has 1 N–H and O–H groups in total. The Morgan fingerprint density at radius 3 is 3.06 bits per heavy atom. The average molecular weight is 269 g/mol. The van der Waals surface area contributed by atoms with E-state index < -0.39 is 5.97 Å². The average Bonchev–Trinajstić information content (AvgIpc) is 2.81. The van der Waals surface area contributed by atoms with Crippen molar-refractivity contribution >= 4 is 23.2 Å². The Morgan fingerprint density at radius 1 is 1.56 bits per heavy atom. The predicted molar refractivity (Wildman–Crippen MR) is 66.6 cm³/mol. The van der Waals surface area contributed by atoms with Gasteiger partial charge in [-0.25, -0.2) is 0 Å². The molecule has 1 aromatic rings. The van der Waals surface area contributed by atoms with Crippen LogP contribution in [0.2, 0.25) is 0 Å². The molecule has 1 fully saturated rings. The van der Waals surface area contributed by atoms with Crippen molar-refractivity contribution in [2.75, 3.05) is 19.7 Å². The number of carbonyl (C=O) groups is 2. The van der Waals surface area contributed by atoms with Crippen LogP contribution in [0.4, 0.5) is 0 Å². The lowest BCUT2D eigenvalue weighted by atomic mass is 10.1. The minimum atomic E-state index is -0.896. The Morgan fingerprint density at radius 2 is 2.39 bits per heavy atom. The van der Waals surface area contributed by atoms with Crippen molar-refractivity contribution in [3.05, 3.63) is 22.4 Å². The maximum atomic E-state index is 12.0. The number of nitrogens with zero attached hydrogens (tertiary/aromatic N) is 1. The van der Waals surface area contributed by atoms with E-state index in [0.717, 1.165) is 5.56 Å². The van der Waals surface area contributed by atoms with Gasteiger partial charge < -0.3 is 14.7 Å². The first-order chi connectivity index (χ1) is 8.65. The lowest BCUT2D eigenvalue weighted by Crippen LogP contribution is -2.46. The van der Waals surface area contributed by atoms with E-state index in [-0.39, 0.29) is 18.4 Å². The van der Waals surface area contributed by atoms with Crippen LogP contribution < -0.4 is 0 Å². The SMILES string of the molecule is O=C(O)C[C@H]1CN(C(=O)Cc2ccsc2)CCO1. The second-order valence-corrected chi connectivity index (χ2v) is 5.02. The number of carboxylic acids is 1. The molecule has 2 heterocycles. The van der Waals surface area contributed by atoms with Crippen molar-refractivity contribution in [3.8, 4) is 0 Å². The van der Waals surface area contributed by atoms with Crippen molar-refractivity contribution in [3.63, 3.8) is 0 Å². The van der Waals surface area contributed by atoms with Crippen LogP contribution in [0.15, 0.2) is 16.8 Å². The number of ether oxygens (including phenoxy) is 1. The van der Waals surface area contributed by atoms with E-state index in [4.69, 9.17) is 9.84 Å². The smallest absolute Gasteiger partial charge is 0.306 e. The van der Waals surface area contributed by atoms with Crippen LogP contribution in [-0.4, -0.2) is 47.7 Å². The summed E-state index contributed by atoms with van der Waals surface area (Å²) >= 11 is 1.56. The molecule has 98 valence electrons. The number of thiophene rings is 1. The van der Waals surface area contributed by atoms with Gasteiger partial charge in [0, 0.05) is 13.1 Å². The van der Waals surface area contributed by atoms with Gasteiger partial charge in [0.25, 0.3) is 0 Å². The van der Waals surface area contributed by atoms with E-state index in [1.54, 1.807) is 16.2 Å². The number of aliphatic carboxylic acids is 1. The molecule has 0 aromatic carbocycles. The van der Waals surface area contributed by atoms with E-state index in [0.29, 0.717) is 26.1 Å². The van der Waals surface area contributed by atoms with Crippen molar-refractivity contribution in [1.82, 2.24) is 4.90 Å². The van der Waals surface area contributed by atoms with Crippen molar-refractivity contribution in [2.24, 2.45) is 0 Å². The van der Waals surface area contributed by atoms with E-state index in [1.165, 1.54) is 0 Å². The molecular weight excluding hydrogens is 254 g/mol. The minimum Gasteiger partial charge on any atom is -0.481 e. The standard InChI is InChI=1S/C12H15NO4S/c14-11(5-9-1-4-18-8-9)13-2-3-17-10(7-13)6-12(15)16/h1,4,8,10H,2-3,5-7H2,(H,15,16)/t10-/m0/s1. The highest BCUT2D eigenvalue weighted by Gasteiger charge is 2.25. The third kappa shape index (κ3) is 3.54. The highest BCUT2D eigenvalue weighted by Crippen LogP contribution is 2.12. The highest BCUT2D eigenvalue weighted by molar-refractivity contribution is 7.07. The van der Waals surface area contributed by atoms with Crippen LogP contribution in [0, 0.1) is 0 Å².